The number of carboxylic acids is 1. The molecule has 2 unspecified atom stereocenters. The van der Waals surface area contributed by atoms with E-state index in [4.69, 9.17) is 9.94 Å². The van der Waals surface area contributed by atoms with Crippen LogP contribution in [0.4, 0.5) is 0 Å². The van der Waals surface area contributed by atoms with Gasteiger partial charge in [0, 0.05) is 30.7 Å². The second-order valence-corrected chi connectivity index (χ2v) is 5.16. The van der Waals surface area contributed by atoms with Gasteiger partial charge in [0.05, 0.1) is 11.4 Å². The maximum Gasteiger partial charge on any atom is 0.354 e. The summed E-state index contributed by atoms with van der Waals surface area (Å²) in [6.45, 7) is 2.21. The smallest absolute Gasteiger partial charge is 0.354 e. The molecule has 2 atom stereocenters. The van der Waals surface area contributed by atoms with Crippen LogP contribution in [0.25, 0.3) is 0 Å². The van der Waals surface area contributed by atoms with E-state index >= 15 is 0 Å². The summed E-state index contributed by atoms with van der Waals surface area (Å²) in [5, 5.41) is 12.6. The van der Waals surface area contributed by atoms with E-state index in [9.17, 15) is 4.79 Å². The zero-order valence-electron chi connectivity index (χ0n) is 8.94. The van der Waals surface area contributed by atoms with Crippen molar-refractivity contribution in [2.75, 3.05) is 13.1 Å². The maximum absolute atomic E-state index is 10.9. The number of hydrogen-bond donors (Lipinski definition) is 1. The Morgan fingerprint density at radius 3 is 3.24 bits per heavy atom. The van der Waals surface area contributed by atoms with Crippen LogP contribution in [0.5, 0.6) is 0 Å². The van der Waals surface area contributed by atoms with Crippen LogP contribution >= 0.6 is 11.3 Å². The number of aromatic nitrogens is 1. The van der Waals surface area contributed by atoms with Gasteiger partial charge < -0.3 is 9.94 Å². The first kappa shape index (κ1) is 10.7. The average Bonchev–Trinajstić information content (AvgIpc) is 2.92. The Morgan fingerprint density at radius 2 is 2.53 bits per heavy atom. The zero-order valence-corrected chi connectivity index (χ0v) is 9.76. The molecular formula is C10H11N3O3S. The molecule has 0 spiro atoms. The number of nitrogens with zero attached hydrogens (tertiary/aromatic N) is 3. The standard InChI is InChI=1S/C10H11N3O3S/c14-10(15)9-7-3-13(4-8(7)16-12-9)2-6-1-11-5-17-6/h1,5,7-8H,2-4H2,(H,14,15). The topological polar surface area (TPSA) is 75.0 Å². The van der Waals surface area contributed by atoms with Gasteiger partial charge >= 0.3 is 5.97 Å². The normalized spacial score (nSPS) is 27.6. The molecular weight excluding hydrogens is 242 g/mol. The Kier molecular flexibility index (Phi) is 2.56. The first-order valence-corrected chi connectivity index (χ1v) is 6.18. The highest BCUT2D eigenvalue weighted by Gasteiger charge is 2.44. The Hall–Kier alpha value is -1.47. The monoisotopic (exact) mass is 253 g/mol. The minimum Gasteiger partial charge on any atom is -0.477 e. The van der Waals surface area contributed by atoms with Crippen LogP contribution in [0.1, 0.15) is 4.88 Å². The van der Waals surface area contributed by atoms with Gasteiger partial charge in [0.15, 0.2) is 5.71 Å². The average molecular weight is 253 g/mol. The molecule has 17 heavy (non-hydrogen) atoms. The summed E-state index contributed by atoms with van der Waals surface area (Å²) in [6.07, 6.45) is 1.74. The number of thiazole rings is 1. The van der Waals surface area contributed by atoms with Crippen LogP contribution in [0.2, 0.25) is 0 Å². The predicted molar refractivity (Wildman–Crippen MR) is 60.8 cm³/mol. The minimum atomic E-state index is -0.975. The molecule has 0 radical (unpaired) electrons. The molecule has 0 aliphatic carbocycles. The number of likely N-dealkylation sites (tertiary alicyclic amines) is 1. The Labute approximate surface area is 102 Å². The van der Waals surface area contributed by atoms with E-state index in [1.54, 1.807) is 16.8 Å². The van der Waals surface area contributed by atoms with Crippen molar-refractivity contribution in [2.24, 2.45) is 11.1 Å². The number of carbonyl (C=O) groups is 1. The fourth-order valence-electron chi connectivity index (χ4n) is 2.28. The fraction of sp³-hybridized carbons (Fsp3) is 0.500. The third-order valence-corrected chi connectivity index (χ3v) is 3.83. The highest BCUT2D eigenvalue weighted by atomic mass is 32.1. The largest absolute Gasteiger partial charge is 0.477 e. The van der Waals surface area contributed by atoms with E-state index in [1.807, 2.05) is 6.20 Å². The van der Waals surface area contributed by atoms with Crippen LogP contribution < -0.4 is 0 Å². The second kappa shape index (κ2) is 4.08. The highest BCUT2D eigenvalue weighted by molar-refractivity contribution is 7.09. The molecule has 90 valence electrons. The summed E-state index contributed by atoms with van der Waals surface area (Å²) in [7, 11) is 0. The highest BCUT2D eigenvalue weighted by Crippen LogP contribution is 2.28. The van der Waals surface area contributed by atoms with Gasteiger partial charge in [-0.1, -0.05) is 5.16 Å². The van der Waals surface area contributed by atoms with E-state index in [-0.39, 0.29) is 17.7 Å². The molecule has 1 N–H and O–H groups in total. The first-order valence-electron chi connectivity index (χ1n) is 5.31. The number of fused-ring (bicyclic) bond motifs is 1. The van der Waals surface area contributed by atoms with Crippen molar-refractivity contribution in [1.29, 1.82) is 0 Å². The van der Waals surface area contributed by atoms with Crippen LogP contribution in [0.3, 0.4) is 0 Å². The second-order valence-electron chi connectivity index (χ2n) is 4.19. The molecule has 0 bridgehead atoms. The molecule has 0 amide bonds. The fourth-order valence-corrected chi connectivity index (χ4v) is 2.92. The molecule has 3 rings (SSSR count). The van der Waals surface area contributed by atoms with E-state index in [1.165, 1.54) is 4.88 Å². The van der Waals surface area contributed by atoms with Crippen LogP contribution in [-0.4, -0.2) is 45.9 Å². The van der Waals surface area contributed by atoms with Crippen molar-refractivity contribution in [3.63, 3.8) is 0 Å². The van der Waals surface area contributed by atoms with Gasteiger partial charge in [-0.3, -0.25) is 9.88 Å². The number of carboxylic acid groups (broad SMARTS) is 1. The van der Waals surface area contributed by atoms with Gasteiger partial charge in [-0.2, -0.15) is 0 Å². The maximum atomic E-state index is 10.9. The van der Waals surface area contributed by atoms with E-state index < -0.39 is 5.97 Å². The summed E-state index contributed by atoms with van der Waals surface area (Å²) in [5.41, 5.74) is 1.95. The molecule has 2 aliphatic heterocycles. The lowest BCUT2D eigenvalue weighted by molar-refractivity contribution is -0.129. The van der Waals surface area contributed by atoms with Gasteiger partial charge in [-0.15, -0.1) is 11.3 Å². The summed E-state index contributed by atoms with van der Waals surface area (Å²) < 4.78 is 0. The lowest BCUT2D eigenvalue weighted by Crippen LogP contribution is -2.27. The van der Waals surface area contributed by atoms with E-state index in [0.29, 0.717) is 6.54 Å². The summed E-state index contributed by atoms with van der Waals surface area (Å²) in [4.78, 5) is 23.5. The number of hydrogen-bond acceptors (Lipinski definition) is 6. The molecule has 1 fully saturated rings. The van der Waals surface area contributed by atoms with E-state index in [0.717, 1.165) is 13.1 Å². The van der Waals surface area contributed by atoms with Crippen molar-refractivity contribution in [2.45, 2.75) is 12.6 Å². The predicted octanol–water partition coefficient (Wildman–Crippen LogP) is 0.414. The molecule has 0 saturated carbocycles. The molecule has 1 saturated heterocycles. The van der Waals surface area contributed by atoms with Crippen LogP contribution in [0.15, 0.2) is 16.9 Å². The quantitative estimate of drug-likeness (QED) is 0.844. The summed E-state index contributed by atoms with van der Waals surface area (Å²) >= 11 is 1.60. The number of aliphatic carboxylic acids is 1. The molecule has 3 heterocycles. The first-order chi connectivity index (χ1) is 8.24. The molecule has 6 nitrogen and oxygen atoms in total. The third-order valence-electron chi connectivity index (χ3n) is 3.06. The van der Waals surface area contributed by atoms with Gasteiger partial charge in [0.2, 0.25) is 0 Å². The van der Waals surface area contributed by atoms with Crippen molar-refractivity contribution in [1.82, 2.24) is 9.88 Å². The molecule has 1 aromatic rings. The van der Waals surface area contributed by atoms with Crippen LogP contribution in [0, 0.1) is 5.92 Å². The number of rotatable bonds is 3. The molecule has 1 aromatic heterocycles. The Bertz CT molecular complexity index is 459. The molecule has 7 heteroatoms. The SMILES string of the molecule is O=C(O)C1=NOC2CN(Cc3cncs3)CC12. The summed E-state index contributed by atoms with van der Waals surface area (Å²) in [5.74, 6) is -1.07. The van der Waals surface area contributed by atoms with Gasteiger partial charge in [-0.05, 0) is 0 Å². The Balaban J connectivity index is 1.67. The van der Waals surface area contributed by atoms with Crippen molar-refractivity contribution >= 4 is 23.0 Å². The van der Waals surface area contributed by atoms with Crippen LogP contribution in [-0.2, 0) is 16.2 Å². The lowest BCUT2D eigenvalue weighted by Gasteiger charge is -2.13. The summed E-state index contributed by atoms with van der Waals surface area (Å²) in [6, 6.07) is 0. The molecule has 0 aromatic carbocycles. The minimum absolute atomic E-state index is 0.0968. The van der Waals surface area contributed by atoms with Gasteiger partial charge in [0.25, 0.3) is 0 Å². The zero-order chi connectivity index (χ0) is 11.8. The number of oxime groups is 1. The van der Waals surface area contributed by atoms with Gasteiger partial charge in [-0.25, -0.2) is 4.79 Å². The van der Waals surface area contributed by atoms with Crippen molar-refractivity contribution in [3.8, 4) is 0 Å². The van der Waals surface area contributed by atoms with Gasteiger partial charge in [0.1, 0.15) is 6.10 Å². The third kappa shape index (κ3) is 1.91. The lowest BCUT2D eigenvalue weighted by atomic mass is 10.0. The van der Waals surface area contributed by atoms with Crippen molar-refractivity contribution in [3.05, 3.63) is 16.6 Å². The molecule has 2 aliphatic rings. The Morgan fingerprint density at radius 1 is 1.65 bits per heavy atom. The van der Waals surface area contributed by atoms with E-state index in [2.05, 4.69) is 15.0 Å². The van der Waals surface area contributed by atoms with Crippen molar-refractivity contribution < 1.29 is 14.7 Å².